The van der Waals surface area contributed by atoms with Crippen LogP contribution < -0.4 is 10.6 Å². The molecular weight excluding hydrogens is 394 g/mol. The van der Waals surface area contributed by atoms with Crippen molar-refractivity contribution in [2.45, 2.75) is 23.8 Å². The Kier molecular flexibility index (Phi) is 5.48. The maximum Gasteiger partial charge on any atom is 0.254 e. The van der Waals surface area contributed by atoms with Crippen molar-refractivity contribution in [1.82, 2.24) is 19.6 Å². The molecule has 154 valence electrons. The molecule has 10 heteroatoms. The van der Waals surface area contributed by atoms with Gasteiger partial charge in [-0.1, -0.05) is 6.07 Å². The number of aromatic nitrogens is 2. The van der Waals surface area contributed by atoms with E-state index in [0.29, 0.717) is 37.8 Å². The molecule has 0 radical (unpaired) electrons. The van der Waals surface area contributed by atoms with Gasteiger partial charge in [0.15, 0.2) is 0 Å². The second-order valence-electron chi connectivity index (χ2n) is 6.99. The summed E-state index contributed by atoms with van der Waals surface area (Å²) in [6, 6.07) is 4.94. The van der Waals surface area contributed by atoms with Crippen LogP contribution in [0.5, 0.6) is 0 Å². The number of nitrogens with one attached hydrogen (secondary N) is 2. The Labute approximate surface area is 169 Å². The molecule has 2 N–H and O–H groups in total. The van der Waals surface area contributed by atoms with E-state index in [2.05, 4.69) is 20.6 Å². The lowest BCUT2D eigenvalue weighted by Gasteiger charge is -2.26. The van der Waals surface area contributed by atoms with Crippen LogP contribution in [0.25, 0.3) is 0 Å². The van der Waals surface area contributed by atoms with Gasteiger partial charge >= 0.3 is 0 Å². The van der Waals surface area contributed by atoms with Gasteiger partial charge in [-0.3, -0.25) is 4.79 Å². The van der Waals surface area contributed by atoms with Crippen LogP contribution >= 0.6 is 0 Å². The van der Waals surface area contributed by atoms with Gasteiger partial charge in [0, 0.05) is 32.5 Å². The molecule has 0 spiro atoms. The SMILES string of the molecule is CNc1ncc(C(=O)N[C@@H]2CCc3ccc(S(=O)(=O)N4CCOCC4)cc32)cn1. The number of carbonyl (C=O) groups excluding carboxylic acids is 1. The lowest BCUT2D eigenvalue weighted by atomic mass is 10.1. The van der Waals surface area contributed by atoms with Crippen molar-refractivity contribution in [3.63, 3.8) is 0 Å². The number of hydrogen-bond acceptors (Lipinski definition) is 7. The first-order valence-corrected chi connectivity index (χ1v) is 10.9. The van der Waals surface area contributed by atoms with E-state index < -0.39 is 10.0 Å². The van der Waals surface area contributed by atoms with E-state index in [4.69, 9.17) is 4.74 Å². The minimum atomic E-state index is -3.58. The number of rotatable bonds is 5. The summed E-state index contributed by atoms with van der Waals surface area (Å²) >= 11 is 0. The van der Waals surface area contributed by atoms with Crippen molar-refractivity contribution >= 4 is 21.9 Å². The summed E-state index contributed by atoms with van der Waals surface area (Å²) in [6.07, 6.45) is 4.43. The van der Waals surface area contributed by atoms with Crippen molar-refractivity contribution in [2.24, 2.45) is 0 Å². The monoisotopic (exact) mass is 417 g/mol. The second-order valence-corrected chi connectivity index (χ2v) is 8.93. The van der Waals surface area contributed by atoms with E-state index in [9.17, 15) is 13.2 Å². The number of fused-ring (bicyclic) bond motifs is 1. The Balaban J connectivity index is 1.54. The fourth-order valence-corrected chi connectivity index (χ4v) is 5.09. The summed E-state index contributed by atoms with van der Waals surface area (Å²) < 4.78 is 32.6. The summed E-state index contributed by atoms with van der Waals surface area (Å²) in [7, 11) is -1.88. The van der Waals surface area contributed by atoms with E-state index in [0.717, 1.165) is 24.0 Å². The van der Waals surface area contributed by atoms with Crippen LogP contribution in [0.2, 0.25) is 0 Å². The number of benzene rings is 1. The van der Waals surface area contributed by atoms with Gasteiger partial charge in [0.25, 0.3) is 5.91 Å². The number of ether oxygens (including phenoxy) is 1. The molecule has 1 amide bonds. The number of nitrogens with zero attached hydrogens (tertiary/aromatic N) is 3. The highest BCUT2D eigenvalue weighted by atomic mass is 32.2. The van der Waals surface area contributed by atoms with Crippen molar-refractivity contribution in [3.8, 4) is 0 Å². The van der Waals surface area contributed by atoms with Crippen molar-refractivity contribution < 1.29 is 17.9 Å². The maximum atomic E-state index is 13.0. The third-order valence-corrected chi connectivity index (χ3v) is 7.14. The molecule has 0 saturated carbocycles. The fraction of sp³-hybridized carbons (Fsp3) is 0.421. The number of morpholine rings is 1. The number of amides is 1. The fourth-order valence-electron chi connectivity index (χ4n) is 3.64. The first-order valence-electron chi connectivity index (χ1n) is 9.50. The van der Waals surface area contributed by atoms with Crippen molar-refractivity contribution in [3.05, 3.63) is 47.3 Å². The van der Waals surface area contributed by atoms with Gasteiger partial charge in [0.2, 0.25) is 16.0 Å². The smallest absolute Gasteiger partial charge is 0.254 e. The van der Waals surface area contributed by atoms with Crippen molar-refractivity contribution in [1.29, 1.82) is 0 Å². The summed E-state index contributed by atoms with van der Waals surface area (Å²) in [5, 5.41) is 5.78. The average Bonchev–Trinajstić information content (AvgIpc) is 3.16. The number of hydrogen-bond donors (Lipinski definition) is 2. The molecule has 0 unspecified atom stereocenters. The summed E-state index contributed by atoms with van der Waals surface area (Å²) in [5.41, 5.74) is 2.26. The highest BCUT2D eigenvalue weighted by Crippen LogP contribution is 2.33. The molecule has 9 nitrogen and oxygen atoms in total. The highest BCUT2D eigenvalue weighted by Gasteiger charge is 2.30. The minimum absolute atomic E-state index is 0.249. The summed E-state index contributed by atoms with van der Waals surface area (Å²) in [6.45, 7) is 1.50. The van der Waals surface area contributed by atoms with Crippen LogP contribution in [0.1, 0.15) is 33.9 Å². The zero-order chi connectivity index (χ0) is 20.4. The van der Waals surface area contributed by atoms with E-state index in [1.807, 2.05) is 6.07 Å². The van der Waals surface area contributed by atoms with Gasteiger partial charge in [0.1, 0.15) is 0 Å². The Morgan fingerprint density at radius 3 is 2.62 bits per heavy atom. The van der Waals surface area contributed by atoms with Gasteiger partial charge < -0.3 is 15.4 Å². The largest absolute Gasteiger partial charge is 0.379 e. The molecule has 2 aromatic rings. The topological polar surface area (TPSA) is 114 Å². The van der Waals surface area contributed by atoms with Crippen LogP contribution in [-0.4, -0.2) is 61.9 Å². The number of anilines is 1. The minimum Gasteiger partial charge on any atom is -0.379 e. The van der Waals surface area contributed by atoms with Gasteiger partial charge in [-0.05, 0) is 36.1 Å². The molecule has 2 heterocycles. The molecule has 29 heavy (non-hydrogen) atoms. The van der Waals surface area contributed by atoms with Gasteiger partial charge in [-0.15, -0.1) is 0 Å². The lowest BCUT2D eigenvalue weighted by molar-refractivity contribution is 0.0730. The first kappa shape index (κ1) is 19.7. The molecule has 1 aromatic carbocycles. The molecule has 1 fully saturated rings. The quantitative estimate of drug-likeness (QED) is 0.745. The molecule has 1 saturated heterocycles. The summed E-state index contributed by atoms with van der Waals surface area (Å²) in [4.78, 5) is 21.0. The normalized spacial score (nSPS) is 19.6. The molecule has 1 aliphatic heterocycles. The first-order chi connectivity index (χ1) is 14.0. The van der Waals surface area contributed by atoms with Crippen LogP contribution in [0.3, 0.4) is 0 Å². The predicted molar refractivity (Wildman–Crippen MR) is 106 cm³/mol. The lowest BCUT2D eigenvalue weighted by Crippen LogP contribution is -2.40. The van der Waals surface area contributed by atoms with Crippen molar-refractivity contribution in [2.75, 3.05) is 38.7 Å². The van der Waals surface area contributed by atoms with E-state index >= 15 is 0 Å². The molecule has 4 rings (SSSR count). The van der Waals surface area contributed by atoms with Gasteiger partial charge in [-0.25, -0.2) is 18.4 Å². The van der Waals surface area contributed by atoms with Crippen LogP contribution in [0.4, 0.5) is 5.95 Å². The summed E-state index contributed by atoms with van der Waals surface area (Å²) in [5.74, 6) is 0.151. The van der Waals surface area contributed by atoms with Crippen LogP contribution in [0, 0.1) is 0 Å². The third-order valence-electron chi connectivity index (χ3n) is 5.25. The van der Waals surface area contributed by atoms with Gasteiger partial charge in [0.05, 0.1) is 29.7 Å². The molecular formula is C19H23N5O4S. The Morgan fingerprint density at radius 1 is 1.21 bits per heavy atom. The number of aryl methyl sites for hydroxylation is 1. The number of carbonyl (C=O) groups is 1. The molecule has 0 bridgehead atoms. The molecule has 1 aromatic heterocycles. The Morgan fingerprint density at radius 2 is 1.93 bits per heavy atom. The van der Waals surface area contributed by atoms with E-state index in [1.165, 1.54) is 16.7 Å². The zero-order valence-electron chi connectivity index (χ0n) is 16.1. The molecule has 1 aliphatic carbocycles. The van der Waals surface area contributed by atoms with Gasteiger partial charge in [-0.2, -0.15) is 4.31 Å². The standard InChI is InChI=1S/C19H23N5O4S/c1-20-19-21-11-14(12-22-19)18(25)23-17-5-3-13-2-4-15(10-16(13)17)29(26,27)24-6-8-28-9-7-24/h2,4,10-12,17H,3,5-9H2,1H3,(H,23,25)(H,20,21,22)/t17-/m1/s1. The van der Waals surface area contributed by atoms with Crippen LogP contribution in [-0.2, 0) is 21.2 Å². The number of sulfonamides is 1. The Bertz CT molecular complexity index is 1000. The highest BCUT2D eigenvalue weighted by molar-refractivity contribution is 7.89. The molecule has 1 atom stereocenters. The second kappa shape index (κ2) is 8.05. The predicted octanol–water partition coefficient (Wildman–Crippen LogP) is 0.957. The zero-order valence-corrected chi connectivity index (χ0v) is 16.9. The third kappa shape index (κ3) is 3.96. The average molecular weight is 417 g/mol. The maximum absolute atomic E-state index is 13.0. The Hall–Kier alpha value is -2.56. The van der Waals surface area contributed by atoms with Crippen LogP contribution in [0.15, 0.2) is 35.5 Å². The van der Waals surface area contributed by atoms with E-state index in [1.54, 1.807) is 19.2 Å². The van der Waals surface area contributed by atoms with E-state index in [-0.39, 0.29) is 16.8 Å². The molecule has 2 aliphatic rings.